The number of halogens is 7. The standard InChI is InChI=1S/C12H5BrF6O2S/c1-21-10(20)9-7(13)5-2-4(11(14,15)16)3-6(8(5)22-9)12(17,18)19/h2-3H,1H3. The van der Waals surface area contributed by atoms with Crippen LogP contribution in [-0.2, 0) is 17.1 Å². The fourth-order valence-electron chi connectivity index (χ4n) is 1.77. The van der Waals surface area contributed by atoms with Gasteiger partial charge in [-0.05, 0) is 28.1 Å². The van der Waals surface area contributed by atoms with Crippen LogP contribution in [0, 0.1) is 0 Å². The van der Waals surface area contributed by atoms with Crippen molar-refractivity contribution in [1.29, 1.82) is 0 Å². The molecular weight excluding hydrogens is 402 g/mol. The quantitative estimate of drug-likeness (QED) is 0.462. The number of carbonyl (C=O) groups excluding carboxylic acids is 1. The van der Waals surface area contributed by atoms with Crippen molar-refractivity contribution >= 4 is 43.3 Å². The SMILES string of the molecule is COC(=O)c1sc2c(C(F)(F)F)cc(C(F)(F)F)cc2c1Br. The van der Waals surface area contributed by atoms with Crippen LogP contribution in [0.3, 0.4) is 0 Å². The molecule has 0 radical (unpaired) electrons. The van der Waals surface area contributed by atoms with Crippen molar-refractivity contribution in [3.8, 4) is 0 Å². The first-order valence-electron chi connectivity index (χ1n) is 5.45. The van der Waals surface area contributed by atoms with Crippen molar-refractivity contribution in [3.63, 3.8) is 0 Å². The Labute approximate surface area is 131 Å². The van der Waals surface area contributed by atoms with Gasteiger partial charge in [0.15, 0.2) is 0 Å². The number of thiophene rings is 1. The Bertz CT molecular complexity index is 747. The molecule has 0 saturated carbocycles. The molecule has 0 amide bonds. The van der Waals surface area contributed by atoms with Gasteiger partial charge in [0, 0.05) is 10.1 Å². The van der Waals surface area contributed by atoms with Gasteiger partial charge >= 0.3 is 18.3 Å². The van der Waals surface area contributed by atoms with Gasteiger partial charge in [0.1, 0.15) is 4.88 Å². The molecule has 0 saturated heterocycles. The van der Waals surface area contributed by atoms with Crippen LogP contribution >= 0.6 is 27.3 Å². The Kier molecular flexibility index (Phi) is 4.20. The van der Waals surface area contributed by atoms with Gasteiger partial charge in [0.25, 0.3) is 0 Å². The van der Waals surface area contributed by atoms with Crippen molar-refractivity contribution in [1.82, 2.24) is 0 Å². The fourth-order valence-corrected chi connectivity index (χ4v) is 3.74. The number of fused-ring (bicyclic) bond motifs is 1. The number of esters is 1. The van der Waals surface area contributed by atoms with Gasteiger partial charge in [-0.2, -0.15) is 26.3 Å². The third-order valence-electron chi connectivity index (χ3n) is 2.73. The van der Waals surface area contributed by atoms with Crippen LogP contribution in [0.5, 0.6) is 0 Å². The minimum absolute atomic E-state index is 0.0341. The number of benzene rings is 1. The molecule has 0 aliphatic heterocycles. The van der Waals surface area contributed by atoms with Crippen LogP contribution in [0.25, 0.3) is 10.1 Å². The second-order valence-electron chi connectivity index (χ2n) is 4.13. The van der Waals surface area contributed by atoms with Crippen LogP contribution < -0.4 is 0 Å². The average Bonchev–Trinajstić information content (AvgIpc) is 2.72. The third kappa shape index (κ3) is 2.94. The van der Waals surface area contributed by atoms with Gasteiger partial charge < -0.3 is 4.74 Å². The molecule has 2 nitrogen and oxygen atoms in total. The molecule has 2 aromatic rings. The first-order valence-corrected chi connectivity index (χ1v) is 7.06. The van der Waals surface area contributed by atoms with Crippen molar-refractivity contribution in [2.45, 2.75) is 12.4 Å². The van der Waals surface area contributed by atoms with E-state index in [1.807, 2.05) is 0 Å². The molecule has 22 heavy (non-hydrogen) atoms. The van der Waals surface area contributed by atoms with Crippen molar-refractivity contribution in [3.05, 3.63) is 32.6 Å². The predicted octanol–water partition coefficient (Wildman–Crippen LogP) is 5.49. The molecule has 0 unspecified atom stereocenters. The van der Waals surface area contributed by atoms with E-state index in [1.54, 1.807) is 0 Å². The van der Waals surface area contributed by atoms with Gasteiger partial charge in [0.05, 0.1) is 22.7 Å². The zero-order chi connectivity index (χ0) is 16.9. The van der Waals surface area contributed by atoms with Gasteiger partial charge in [-0.1, -0.05) is 0 Å². The molecular formula is C12H5BrF6O2S. The van der Waals surface area contributed by atoms with Crippen molar-refractivity contribution < 1.29 is 35.9 Å². The fraction of sp³-hybridized carbons (Fsp3) is 0.250. The highest BCUT2D eigenvalue weighted by Crippen LogP contribution is 2.46. The molecule has 0 bridgehead atoms. The summed E-state index contributed by atoms with van der Waals surface area (Å²) in [6.45, 7) is 0. The Morgan fingerprint density at radius 1 is 1.14 bits per heavy atom. The van der Waals surface area contributed by atoms with Gasteiger partial charge in [-0.25, -0.2) is 4.79 Å². The first kappa shape index (κ1) is 17.1. The smallest absolute Gasteiger partial charge is 0.417 e. The van der Waals surface area contributed by atoms with Crippen molar-refractivity contribution in [2.75, 3.05) is 7.11 Å². The molecule has 0 aliphatic carbocycles. The second-order valence-corrected chi connectivity index (χ2v) is 5.95. The maximum Gasteiger partial charge on any atom is 0.417 e. The van der Waals surface area contributed by atoms with Crippen LogP contribution in [0.2, 0.25) is 0 Å². The van der Waals surface area contributed by atoms with Crippen LogP contribution in [-0.4, -0.2) is 13.1 Å². The highest BCUT2D eigenvalue weighted by atomic mass is 79.9. The van der Waals surface area contributed by atoms with E-state index in [2.05, 4.69) is 20.7 Å². The van der Waals surface area contributed by atoms with Crippen LogP contribution in [0.4, 0.5) is 26.3 Å². The van der Waals surface area contributed by atoms with Gasteiger partial charge in [-0.15, -0.1) is 11.3 Å². The summed E-state index contributed by atoms with van der Waals surface area (Å²) >= 11 is 3.29. The third-order valence-corrected chi connectivity index (χ3v) is 5.04. The number of alkyl halides is 6. The van der Waals surface area contributed by atoms with Gasteiger partial charge in [0.2, 0.25) is 0 Å². The summed E-state index contributed by atoms with van der Waals surface area (Å²) in [4.78, 5) is 11.3. The summed E-state index contributed by atoms with van der Waals surface area (Å²) in [5, 5.41) is -0.340. The topological polar surface area (TPSA) is 26.3 Å². The summed E-state index contributed by atoms with van der Waals surface area (Å²) in [5.41, 5.74) is -2.89. The molecule has 1 aromatic carbocycles. The Balaban J connectivity index is 2.88. The lowest BCUT2D eigenvalue weighted by molar-refractivity contribution is -0.142. The molecule has 0 spiro atoms. The molecule has 120 valence electrons. The lowest BCUT2D eigenvalue weighted by Gasteiger charge is -2.12. The highest BCUT2D eigenvalue weighted by Gasteiger charge is 2.39. The maximum atomic E-state index is 13.0. The lowest BCUT2D eigenvalue weighted by atomic mass is 10.1. The summed E-state index contributed by atoms with van der Waals surface area (Å²) < 4.78 is 81.2. The maximum absolute atomic E-state index is 13.0. The largest absolute Gasteiger partial charge is 0.465 e. The lowest BCUT2D eigenvalue weighted by Crippen LogP contribution is -2.10. The number of hydrogen-bond acceptors (Lipinski definition) is 3. The predicted molar refractivity (Wildman–Crippen MR) is 70.9 cm³/mol. The van der Waals surface area contributed by atoms with E-state index in [0.717, 1.165) is 7.11 Å². The molecule has 2 rings (SSSR count). The van der Waals surface area contributed by atoms with Gasteiger partial charge in [-0.3, -0.25) is 0 Å². The second kappa shape index (κ2) is 5.41. The normalized spacial score (nSPS) is 12.7. The number of carbonyl (C=O) groups is 1. The molecule has 0 atom stereocenters. The van der Waals surface area contributed by atoms with E-state index in [1.165, 1.54) is 0 Å². The van der Waals surface area contributed by atoms with Crippen LogP contribution in [0.15, 0.2) is 16.6 Å². The Hall–Kier alpha value is -1.29. The minimum atomic E-state index is -4.99. The van der Waals surface area contributed by atoms with Crippen LogP contribution in [0.1, 0.15) is 20.8 Å². The molecule has 1 aromatic heterocycles. The molecule has 0 N–H and O–H groups in total. The summed E-state index contributed by atoms with van der Waals surface area (Å²) in [6.07, 6.45) is -9.93. The summed E-state index contributed by atoms with van der Waals surface area (Å²) in [5.74, 6) is -0.935. The Morgan fingerprint density at radius 3 is 2.18 bits per heavy atom. The summed E-state index contributed by atoms with van der Waals surface area (Å²) in [7, 11) is 1.02. The van der Waals surface area contributed by atoms with E-state index in [0.29, 0.717) is 17.4 Å². The zero-order valence-electron chi connectivity index (χ0n) is 10.5. The molecule has 10 heteroatoms. The van der Waals surface area contributed by atoms with E-state index >= 15 is 0 Å². The molecule has 0 fully saturated rings. The highest BCUT2D eigenvalue weighted by molar-refractivity contribution is 9.10. The van der Waals surface area contributed by atoms with E-state index in [-0.39, 0.29) is 20.8 Å². The average molecular weight is 407 g/mol. The number of rotatable bonds is 1. The van der Waals surface area contributed by atoms with E-state index in [4.69, 9.17) is 0 Å². The monoisotopic (exact) mass is 406 g/mol. The number of hydrogen-bond donors (Lipinski definition) is 0. The number of methoxy groups -OCH3 is 1. The molecule has 1 heterocycles. The molecule has 0 aliphatic rings. The van der Waals surface area contributed by atoms with E-state index in [9.17, 15) is 31.1 Å². The zero-order valence-corrected chi connectivity index (χ0v) is 12.9. The first-order chi connectivity index (χ1) is 9.96. The minimum Gasteiger partial charge on any atom is -0.465 e. The summed E-state index contributed by atoms with van der Waals surface area (Å²) in [6, 6.07) is 0.601. The Morgan fingerprint density at radius 2 is 1.73 bits per heavy atom. The van der Waals surface area contributed by atoms with Crippen molar-refractivity contribution in [2.24, 2.45) is 0 Å². The number of ether oxygens (including phenoxy) is 1. The van der Waals surface area contributed by atoms with E-state index < -0.39 is 34.1 Å².